The molecule has 134 valence electrons. The van der Waals surface area contributed by atoms with Crippen LogP contribution in [0.25, 0.3) is 0 Å². The number of likely N-dealkylation sites (tertiary alicyclic amines) is 1. The molecule has 5 nitrogen and oxygen atoms in total. The molecule has 1 fully saturated rings. The normalized spacial score (nSPS) is 18.5. The molecular weight excluding hydrogens is 325 g/mol. The number of anilines is 1. The third-order valence-corrected chi connectivity index (χ3v) is 3.63. The Labute approximate surface area is 138 Å². The van der Waals surface area contributed by atoms with Crippen LogP contribution in [0.4, 0.5) is 18.9 Å². The minimum atomic E-state index is -4.33. The van der Waals surface area contributed by atoms with E-state index < -0.39 is 18.9 Å². The first kappa shape index (κ1) is 18.5. The lowest BCUT2D eigenvalue weighted by Gasteiger charge is -2.30. The van der Waals surface area contributed by atoms with Crippen molar-refractivity contribution in [3.8, 4) is 0 Å². The predicted octanol–water partition coefficient (Wildman–Crippen LogP) is 2.27. The number of rotatable bonds is 6. The minimum absolute atomic E-state index is 0.0873. The standard InChI is InChI=1S/C16H21F3N2O3/c17-16(18,19)11-24-8-6-20-13-4-1-3-12(9-13)15(23)21-7-2-5-14(22)10-21/h1,3-4,9,14,20,22H,2,5-8,10-11H2/t14-/m0/s1. The Kier molecular flexibility index (Phi) is 6.44. The van der Waals surface area contributed by atoms with E-state index in [0.29, 0.717) is 30.8 Å². The van der Waals surface area contributed by atoms with E-state index in [1.807, 2.05) is 0 Å². The summed E-state index contributed by atoms with van der Waals surface area (Å²) in [5, 5.41) is 12.6. The van der Waals surface area contributed by atoms with Crippen LogP contribution in [0.15, 0.2) is 24.3 Å². The molecule has 0 saturated carbocycles. The number of benzene rings is 1. The van der Waals surface area contributed by atoms with Crippen molar-refractivity contribution in [1.29, 1.82) is 0 Å². The van der Waals surface area contributed by atoms with Gasteiger partial charge in [0.15, 0.2) is 0 Å². The molecule has 1 aliphatic rings. The summed E-state index contributed by atoms with van der Waals surface area (Å²) in [6, 6.07) is 6.75. The molecule has 0 radical (unpaired) electrons. The van der Waals surface area contributed by atoms with Crippen molar-refractivity contribution in [3.63, 3.8) is 0 Å². The third-order valence-electron chi connectivity index (χ3n) is 3.63. The van der Waals surface area contributed by atoms with Gasteiger partial charge in [-0.25, -0.2) is 0 Å². The highest BCUT2D eigenvalue weighted by molar-refractivity contribution is 5.95. The van der Waals surface area contributed by atoms with Crippen LogP contribution >= 0.6 is 0 Å². The summed E-state index contributed by atoms with van der Waals surface area (Å²) in [6.45, 7) is -0.225. The molecule has 8 heteroatoms. The number of amides is 1. The van der Waals surface area contributed by atoms with Crippen LogP contribution < -0.4 is 5.32 Å². The number of alkyl halides is 3. The van der Waals surface area contributed by atoms with Crippen LogP contribution in [0.2, 0.25) is 0 Å². The molecule has 1 amide bonds. The zero-order valence-electron chi connectivity index (χ0n) is 13.2. The summed E-state index contributed by atoms with van der Waals surface area (Å²) in [7, 11) is 0. The van der Waals surface area contributed by atoms with Crippen LogP contribution in [-0.2, 0) is 4.74 Å². The third kappa shape index (κ3) is 6.01. The first-order valence-corrected chi connectivity index (χ1v) is 7.81. The molecule has 0 spiro atoms. The number of aliphatic hydroxyl groups excluding tert-OH is 1. The highest BCUT2D eigenvalue weighted by Crippen LogP contribution is 2.17. The maximum Gasteiger partial charge on any atom is 0.411 e. The number of carbonyl (C=O) groups is 1. The van der Waals surface area contributed by atoms with Gasteiger partial charge in [-0.15, -0.1) is 0 Å². The van der Waals surface area contributed by atoms with Gasteiger partial charge >= 0.3 is 6.18 Å². The predicted molar refractivity (Wildman–Crippen MR) is 83.0 cm³/mol. The SMILES string of the molecule is O=C(c1cccc(NCCOCC(F)(F)F)c1)N1CCC[C@H](O)C1. The second-order valence-electron chi connectivity index (χ2n) is 5.72. The Morgan fingerprint density at radius 3 is 2.92 bits per heavy atom. The van der Waals surface area contributed by atoms with Crippen molar-refractivity contribution in [2.75, 3.05) is 38.2 Å². The van der Waals surface area contributed by atoms with Gasteiger partial charge in [0.2, 0.25) is 0 Å². The highest BCUT2D eigenvalue weighted by Gasteiger charge is 2.27. The maximum atomic E-state index is 12.4. The fourth-order valence-corrected chi connectivity index (χ4v) is 2.54. The van der Waals surface area contributed by atoms with E-state index in [0.717, 1.165) is 6.42 Å². The van der Waals surface area contributed by atoms with Crippen LogP contribution in [0.1, 0.15) is 23.2 Å². The Morgan fingerprint density at radius 2 is 2.21 bits per heavy atom. The number of aliphatic hydroxyl groups is 1. The van der Waals surface area contributed by atoms with Crippen LogP contribution in [-0.4, -0.2) is 61.0 Å². The average Bonchev–Trinajstić information content (AvgIpc) is 2.53. The van der Waals surface area contributed by atoms with Gasteiger partial charge in [0.25, 0.3) is 5.91 Å². The molecule has 1 heterocycles. The van der Waals surface area contributed by atoms with Gasteiger partial charge in [-0.3, -0.25) is 4.79 Å². The number of β-amino-alcohol motifs (C(OH)–C–C–N with tert-alkyl or cyclic N) is 1. The van der Waals surface area contributed by atoms with Crippen molar-refractivity contribution in [2.45, 2.75) is 25.1 Å². The number of hydrogen-bond acceptors (Lipinski definition) is 4. The molecule has 2 N–H and O–H groups in total. The Balaban J connectivity index is 1.83. The van der Waals surface area contributed by atoms with Crippen molar-refractivity contribution < 1.29 is 27.8 Å². The van der Waals surface area contributed by atoms with Crippen LogP contribution in [0.3, 0.4) is 0 Å². The smallest absolute Gasteiger partial charge is 0.391 e. The number of nitrogens with zero attached hydrogens (tertiary/aromatic N) is 1. The lowest BCUT2D eigenvalue weighted by Crippen LogP contribution is -2.42. The first-order valence-electron chi connectivity index (χ1n) is 7.81. The highest BCUT2D eigenvalue weighted by atomic mass is 19.4. The number of ether oxygens (including phenoxy) is 1. The molecule has 0 aromatic heterocycles. The van der Waals surface area contributed by atoms with E-state index in [-0.39, 0.29) is 19.1 Å². The van der Waals surface area contributed by atoms with Gasteiger partial charge in [-0.05, 0) is 31.0 Å². The fraction of sp³-hybridized carbons (Fsp3) is 0.562. The van der Waals surface area contributed by atoms with Gasteiger partial charge < -0.3 is 20.1 Å². The van der Waals surface area contributed by atoms with E-state index in [9.17, 15) is 23.1 Å². The number of piperidine rings is 1. The van der Waals surface area contributed by atoms with E-state index >= 15 is 0 Å². The molecule has 1 aliphatic heterocycles. The first-order chi connectivity index (χ1) is 11.3. The van der Waals surface area contributed by atoms with E-state index in [1.165, 1.54) is 0 Å². The summed E-state index contributed by atoms with van der Waals surface area (Å²) in [6.07, 6.45) is -3.36. The van der Waals surface area contributed by atoms with Gasteiger partial charge in [0.05, 0.1) is 12.7 Å². The zero-order valence-corrected chi connectivity index (χ0v) is 13.2. The molecule has 1 aromatic carbocycles. The van der Waals surface area contributed by atoms with Gasteiger partial charge in [0.1, 0.15) is 6.61 Å². The molecular formula is C16H21F3N2O3. The zero-order chi connectivity index (χ0) is 17.6. The molecule has 24 heavy (non-hydrogen) atoms. The van der Waals surface area contributed by atoms with E-state index in [1.54, 1.807) is 29.2 Å². The second-order valence-corrected chi connectivity index (χ2v) is 5.72. The van der Waals surface area contributed by atoms with Crippen molar-refractivity contribution in [2.24, 2.45) is 0 Å². The minimum Gasteiger partial charge on any atom is -0.391 e. The topological polar surface area (TPSA) is 61.8 Å². The Hall–Kier alpha value is -1.80. The molecule has 0 aliphatic carbocycles. The second kappa shape index (κ2) is 8.34. The Bertz CT molecular complexity index is 552. The van der Waals surface area contributed by atoms with Crippen molar-refractivity contribution in [3.05, 3.63) is 29.8 Å². The summed E-state index contributed by atoms with van der Waals surface area (Å²) >= 11 is 0. The van der Waals surface area contributed by atoms with E-state index in [4.69, 9.17) is 0 Å². The lowest BCUT2D eigenvalue weighted by molar-refractivity contribution is -0.172. The number of nitrogens with one attached hydrogen (secondary N) is 1. The van der Waals surface area contributed by atoms with Crippen molar-refractivity contribution in [1.82, 2.24) is 4.90 Å². The number of carbonyl (C=O) groups excluding carboxylic acids is 1. The van der Waals surface area contributed by atoms with Crippen LogP contribution in [0, 0.1) is 0 Å². The van der Waals surface area contributed by atoms with Gasteiger partial charge in [-0.1, -0.05) is 6.07 Å². The molecule has 0 bridgehead atoms. The average molecular weight is 346 g/mol. The summed E-state index contributed by atoms with van der Waals surface area (Å²) < 4.78 is 40.4. The summed E-state index contributed by atoms with van der Waals surface area (Å²) in [5.41, 5.74) is 1.11. The molecule has 1 atom stereocenters. The number of halogens is 3. The van der Waals surface area contributed by atoms with Gasteiger partial charge in [-0.2, -0.15) is 13.2 Å². The quantitative estimate of drug-likeness (QED) is 0.776. The maximum absolute atomic E-state index is 12.4. The summed E-state index contributed by atoms with van der Waals surface area (Å²) in [5.74, 6) is -0.161. The molecule has 2 rings (SSSR count). The largest absolute Gasteiger partial charge is 0.411 e. The van der Waals surface area contributed by atoms with E-state index in [2.05, 4.69) is 10.1 Å². The monoisotopic (exact) mass is 346 g/mol. The van der Waals surface area contributed by atoms with Crippen molar-refractivity contribution >= 4 is 11.6 Å². The summed E-state index contributed by atoms with van der Waals surface area (Å²) in [4.78, 5) is 14.0. The number of hydrogen-bond donors (Lipinski definition) is 2. The fourth-order valence-electron chi connectivity index (χ4n) is 2.54. The Morgan fingerprint density at radius 1 is 1.42 bits per heavy atom. The van der Waals surface area contributed by atoms with Crippen LogP contribution in [0.5, 0.6) is 0 Å². The molecule has 1 saturated heterocycles. The molecule has 1 aromatic rings. The van der Waals surface area contributed by atoms with Gasteiger partial charge in [0, 0.05) is 30.9 Å². The molecule has 0 unspecified atom stereocenters. The lowest BCUT2D eigenvalue weighted by atomic mass is 10.1.